The van der Waals surface area contributed by atoms with Gasteiger partial charge in [-0.3, -0.25) is 0 Å². The van der Waals surface area contributed by atoms with Gasteiger partial charge in [0.2, 0.25) is 0 Å². The molecule has 0 fully saturated rings. The van der Waals surface area contributed by atoms with Crippen molar-refractivity contribution in [2.24, 2.45) is 0 Å². The Morgan fingerprint density at radius 3 is 0.607 bits per heavy atom. The van der Waals surface area contributed by atoms with Crippen molar-refractivity contribution >= 4 is 88.6 Å². The second kappa shape index (κ2) is 15.8. The maximum absolute atomic E-state index is 3.54. The van der Waals surface area contributed by atoms with Crippen LogP contribution in [0.5, 0.6) is 0 Å². The van der Waals surface area contributed by atoms with Gasteiger partial charge in [0.05, 0.1) is 0 Å². The van der Waals surface area contributed by atoms with E-state index in [1.165, 1.54) is 43.1 Å². The van der Waals surface area contributed by atoms with Gasteiger partial charge in [0.15, 0.2) is 0 Å². The predicted molar refractivity (Wildman–Crippen MR) is 242 cm³/mol. The summed E-state index contributed by atoms with van der Waals surface area (Å²) >= 11 is 0. The van der Waals surface area contributed by atoms with Crippen molar-refractivity contribution in [3.05, 3.63) is 218 Å². The van der Waals surface area contributed by atoms with Crippen molar-refractivity contribution in [2.75, 3.05) is 21.3 Å². The number of anilines is 8. The summed E-state index contributed by atoms with van der Waals surface area (Å²) in [6.07, 6.45) is 0. The van der Waals surface area contributed by atoms with E-state index in [1.807, 2.05) is 0 Å². The van der Waals surface area contributed by atoms with Crippen LogP contribution in [0.1, 0.15) is 0 Å². The first-order chi connectivity index (χ1) is 27.7. The molecule has 0 atom stereocenters. The molecule has 0 aliphatic heterocycles. The molecular formula is C52H40N4. The molecule has 10 aromatic carbocycles. The minimum absolute atomic E-state index is 1.07. The summed E-state index contributed by atoms with van der Waals surface area (Å²) in [5.41, 5.74) is 8.75. The fourth-order valence-corrected chi connectivity index (χ4v) is 7.23. The van der Waals surface area contributed by atoms with Crippen LogP contribution in [-0.2, 0) is 0 Å². The third-order valence-electron chi connectivity index (χ3n) is 10.0. The van der Waals surface area contributed by atoms with Gasteiger partial charge in [-0.2, -0.15) is 0 Å². The maximum atomic E-state index is 3.54. The molecule has 10 aromatic rings. The highest BCUT2D eigenvalue weighted by molar-refractivity contribution is 5.98. The van der Waals surface area contributed by atoms with E-state index in [9.17, 15) is 0 Å². The summed E-state index contributed by atoms with van der Waals surface area (Å²) in [5, 5.41) is 24.0. The lowest BCUT2D eigenvalue weighted by molar-refractivity contribution is 1.54. The summed E-state index contributed by atoms with van der Waals surface area (Å²) in [6.45, 7) is 0. The fourth-order valence-electron chi connectivity index (χ4n) is 7.23. The summed E-state index contributed by atoms with van der Waals surface area (Å²) in [7, 11) is 0. The molecule has 0 amide bonds. The standard InChI is InChI=1S/2C26H20N2/c2*1-3-11-23-19(7-1)9-5-13-25(23)27-21-15-17-22(18-16-21)28-26-14-6-10-20-8-2-4-12-24(20)26/h2*1-18,27-28H. The van der Waals surface area contributed by atoms with Crippen molar-refractivity contribution in [3.63, 3.8) is 0 Å². The number of benzene rings is 10. The smallest absolute Gasteiger partial charge is 0.0463 e. The molecule has 4 N–H and O–H groups in total. The molecule has 4 nitrogen and oxygen atoms in total. The number of hydrogen-bond donors (Lipinski definition) is 4. The number of fused-ring (bicyclic) bond motifs is 4. The molecule has 268 valence electrons. The quantitative estimate of drug-likeness (QED) is 0.126. The molecule has 0 saturated carbocycles. The SMILES string of the molecule is c1ccc2c(Nc3ccc(Nc4cccc5ccccc45)cc3)cccc2c1.c1ccc2c(Nc3ccc(Nc4cccc5ccccc45)cc3)cccc2c1. The highest BCUT2D eigenvalue weighted by Gasteiger charge is 2.05. The predicted octanol–water partition coefficient (Wildman–Crippen LogP) is 15.0. The van der Waals surface area contributed by atoms with Crippen molar-refractivity contribution in [1.82, 2.24) is 0 Å². The normalized spacial score (nSPS) is 10.9. The molecule has 0 heterocycles. The van der Waals surface area contributed by atoms with E-state index in [1.54, 1.807) is 0 Å². The Hall–Kier alpha value is -7.56. The molecule has 0 spiro atoms. The lowest BCUT2D eigenvalue weighted by Crippen LogP contribution is -1.94. The van der Waals surface area contributed by atoms with Gasteiger partial charge < -0.3 is 21.3 Å². The molecule has 0 unspecified atom stereocenters. The van der Waals surface area contributed by atoms with Crippen LogP contribution >= 0.6 is 0 Å². The van der Waals surface area contributed by atoms with Crippen LogP contribution in [-0.4, -0.2) is 0 Å². The average Bonchev–Trinajstić information content (AvgIpc) is 3.26. The Kier molecular flexibility index (Phi) is 9.66. The van der Waals surface area contributed by atoms with Crippen molar-refractivity contribution in [2.45, 2.75) is 0 Å². The Bertz CT molecular complexity index is 2490. The number of rotatable bonds is 8. The zero-order valence-electron chi connectivity index (χ0n) is 30.8. The zero-order chi connectivity index (χ0) is 37.5. The first-order valence-electron chi connectivity index (χ1n) is 18.9. The van der Waals surface area contributed by atoms with E-state index >= 15 is 0 Å². The van der Waals surface area contributed by atoms with Crippen molar-refractivity contribution in [1.29, 1.82) is 0 Å². The number of nitrogens with one attached hydrogen (secondary N) is 4. The molecular weight excluding hydrogens is 681 g/mol. The van der Waals surface area contributed by atoms with Gasteiger partial charge in [0.1, 0.15) is 0 Å². The minimum Gasteiger partial charge on any atom is -0.355 e. The summed E-state index contributed by atoms with van der Waals surface area (Å²) < 4.78 is 0. The van der Waals surface area contributed by atoms with Gasteiger partial charge in [-0.15, -0.1) is 0 Å². The van der Waals surface area contributed by atoms with Crippen LogP contribution in [0.4, 0.5) is 45.5 Å². The minimum atomic E-state index is 1.07. The Morgan fingerprint density at radius 2 is 0.375 bits per heavy atom. The molecule has 0 aromatic heterocycles. The third-order valence-corrected chi connectivity index (χ3v) is 10.0. The maximum Gasteiger partial charge on any atom is 0.0463 e. The van der Waals surface area contributed by atoms with Gasteiger partial charge in [0, 0.05) is 67.0 Å². The first-order valence-corrected chi connectivity index (χ1v) is 18.9. The second-order valence-electron chi connectivity index (χ2n) is 13.8. The topological polar surface area (TPSA) is 48.1 Å². The van der Waals surface area contributed by atoms with E-state index in [-0.39, 0.29) is 0 Å². The van der Waals surface area contributed by atoms with Gasteiger partial charge in [0.25, 0.3) is 0 Å². The van der Waals surface area contributed by atoms with Gasteiger partial charge in [-0.05, 0) is 94.3 Å². The second-order valence-corrected chi connectivity index (χ2v) is 13.8. The lowest BCUT2D eigenvalue weighted by Gasteiger charge is -2.12. The van der Waals surface area contributed by atoms with E-state index in [0.717, 1.165) is 45.5 Å². The third kappa shape index (κ3) is 7.58. The molecule has 0 aliphatic rings. The molecule has 0 radical (unpaired) electrons. The van der Waals surface area contributed by atoms with Gasteiger partial charge in [-0.25, -0.2) is 0 Å². The fraction of sp³-hybridized carbons (Fsp3) is 0. The monoisotopic (exact) mass is 720 g/mol. The number of hydrogen-bond acceptors (Lipinski definition) is 4. The van der Waals surface area contributed by atoms with Gasteiger partial charge >= 0.3 is 0 Å². The van der Waals surface area contributed by atoms with Crippen LogP contribution < -0.4 is 21.3 Å². The van der Waals surface area contributed by atoms with Crippen LogP contribution in [0.2, 0.25) is 0 Å². The van der Waals surface area contributed by atoms with E-state index in [2.05, 4.69) is 240 Å². The first kappa shape index (κ1) is 34.2. The van der Waals surface area contributed by atoms with Crippen molar-refractivity contribution in [3.8, 4) is 0 Å². The highest BCUT2D eigenvalue weighted by Crippen LogP contribution is 2.31. The summed E-state index contributed by atoms with van der Waals surface area (Å²) in [5.74, 6) is 0. The molecule has 4 heteroatoms. The Balaban J connectivity index is 0.000000146. The van der Waals surface area contributed by atoms with Crippen LogP contribution in [0.3, 0.4) is 0 Å². The van der Waals surface area contributed by atoms with Crippen molar-refractivity contribution < 1.29 is 0 Å². The van der Waals surface area contributed by atoms with E-state index in [4.69, 9.17) is 0 Å². The molecule has 0 aliphatic carbocycles. The molecule has 56 heavy (non-hydrogen) atoms. The van der Waals surface area contributed by atoms with E-state index < -0.39 is 0 Å². The summed E-state index contributed by atoms with van der Waals surface area (Å²) in [4.78, 5) is 0. The zero-order valence-corrected chi connectivity index (χ0v) is 30.8. The molecule has 0 bridgehead atoms. The van der Waals surface area contributed by atoms with Crippen LogP contribution in [0, 0.1) is 0 Å². The summed E-state index contributed by atoms with van der Waals surface area (Å²) in [6, 6.07) is 75.9. The van der Waals surface area contributed by atoms with Gasteiger partial charge in [-0.1, -0.05) is 146 Å². The highest BCUT2D eigenvalue weighted by atomic mass is 14.9. The van der Waals surface area contributed by atoms with Crippen LogP contribution in [0.25, 0.3) is 43.1 Å². The van der Waals surface area contributed by atoms with E-state index in [0.29, 0.717) is 0 Å². The molecule has 0 saturated heterocycles. The lowest BCUT2D eigenvalue weighted by atomic mass is 10.1. The Labute approximate surface area is 327 Å². The largest absolute Gasteiger partial charge is 0.355 e. The average molecular weight is 721 g/mol. The molecule has 10 rings (SSSR count). The van der Waals surface area contributed by atoms with Crippen LogP contribution in [0.15, 0.2) is 218 Å². The Morgan fingerprint density at radius 1 is 0.179 bits per heavy atom.